The van der Waals surface area contributed by atoms with Crippen LogP contribution in [-0.2, 0) is 47.7 Å². The maximum Gasteiger partial charge on any atom is 0.318 e. The maximum absolute atomic E-state index is 12.1. The molecule has 0 radical (unpaired) electrons. The molecule has 172 valence electrons. The second kappa shape index (κ2) is 12.0. The van der Waals surface area contributed by atoms with Gasteiger partial charge >= 0.3 is 23.9 Å². The van der Waals surface area contributed by atoms with Gasteiger partial charge in [-0.1, -0.05) is 0 Å². The molecule has 0 aliphatic carbocycles. The Morgan fingerprint density at radius 1 is 0.567 bits per heavy atom. The van der Waals surface area contributed by atoms with Crippen LogP contribution >= 0.6 is 0 Å². The van der Waals surface area contributed by atoms with Gasteiger partial charge in [-0.05, 0) is 41.5 Å². The molecule has 0 amide bonds. The Labute approximate surface area is 176 Å². The average Bonchev–Trinajstić information content (AvgIpc) is 2.74. The van der Waals surface area contributed by atoms with Crippen molar-refractivity contribution in [2.45, 2.75) is 41.5 Å². The lowest BCUT2D eigenvalue weighted by molar-refractivity contribution is -0.165. The van der Waals surface area contributed by atoms with Gasteiger partial charge in [0.25, 0.3) is 0 Å². The van der Waals surface area contributed by atoms with Crippen molar-refractivity contribution in [3.8, 4) is 0 Å². The quantitative estimate of drug-likeness (QED) is 0.311. The van der Waals surface area contributed by atoms with E-state index >= 15 is 0 Å². The average molecular weight is 432 g/mol. The van der Waals surface area contributed by atoms with Gasteiger partial charge in [-0.3, -0.25) is 28.8 Å². The van der Waals surface area contributed by atoms with E-state index in [0.717, 1.165) is 0 Å². The summed E-state index contributed by atoms with van der Waals surface area (Å²) in [6.07, 6.45) is 0. The molecule has 0 saturated heterocycles. The maximum atomic E-state index is 12.1. The Morgan fingerprint density at radius 3 is 1.03 bits per heavy atom. The van der Waals surface area contributed by atoms with Crippen LogP contribution in [0.25, 0.3) is 0 Å². The molecule has 0 fully saturated rings. The van der Waals surface area contributed by atoms with Crippen molar-refractivity contribution in [3.05, 3.63) is 0 Å². The molecule has 0 aromatic heterocycles. The first kappa shape index (κ1) is 29.4. The molecule has 0 aromatic carbocycles. The van der Waals surface area contributed by atoms with Crippen LogP contribution < -0.4 is 0 Å². The van der Waals surface area contributed by atoms with Gasteiger partial charge in [0.1, 0.15) is 22.7 Å². The van der Waals surface area contributed by atoms with E-state index in [1.54, 1.807) is 0 Å². The molecule has 0 rings (SSSR count). The van der Waals surface area contributed by atoms with E-state index in [4.69, 9.17) is 0 Å². The van der Waals surface area contributed by atoms with E-state index in [1.165, 1.54) is 70.0 Å². The minimum Gasteiger partial charge on any atom is -0.468 e. The number of rotatable bonds is 8. The van der Waals surface area contributed by atoms with Crippen molar-refractivity contribution in [3.63, 3.8) is 0 Å². The Bertz CT molecular complexity index is 621. The largest absolute Gasteiger partial charge is 0.468 e. The molecule has 0 aromatic rings. The van der Waals surface area contributed by atoms with Crippen LogP contribution in [-0.4, -0.2) is 63.9 Å². The Morgan fingerprint density at radius 2 is 0.833 bits per heavy atom. The summed E-state index contributed by atoms with van der Waals surface area (Å²) >= 11 is 0. The molecule has 0 N–H and O–H groups in total. The number of hydrogen-bond donors (Lipinski definition) is 0. The molecule has 0 aliphatic heterocycles. The summed E-state index contributed by atoms with van der Waals surface area (Å²) in [5, 5.41) is 0. The van der Waals surface area contributed by atoms with Gasteiger partial charge in [-0.25, -0.2) is 0 Å². The van der Waals surface area contributed by atoms with Crippen LogP contribution in [0.5, 0.6) is 0 Å². The molecule has 10 heteroatoms. The van der Waals surface area contributed by atoms with Crippen LogP contribution in [0, 0.1) is 22.7 Å². The third-order valence-electron chi connectivity index (χ3n) is 4.49. The fourth-order valence-corrected chi connectivity index (χ4v) is 2.44. The number of methoxy groups -OCH3 is 4. The van der Waals surface area contributed by atoms with Gasteiger partial charge in [0.15, 0.2) is 11.6 Å². The lowest BCUT2D eigenvalue weighted by atomic mass is 9.73. The van der Waals surface area contributed by atoms with Gasteiger partial charge in [-0.2, -0.15) is 0 Å². The van der Waals surface area contributed by atoms with Crippen molar-refractivity contribution < 1.29 is 47.7 Å². The van der Waals surface area contributed by atoms with E-state index < -0.39 is 58.1 Å². The smallest absolute Gasteiger partial charge is 0.318 e. The third kappa shape index (κ3) is 7.23. The van der Waals surface area contributed by atoms with E-state index in [2.05, 4.69) is 18.9 Å². The monoisotopic (exact) mass is 432 g/mol. The fraction of sp³-hybridized carbons (Fsp3) is 0.700. The SMILES string of the molecule is COC(=O)C(C)(C)C(=O)C(C)(C)C(=O)OC.COC(=O)C(C)C(=O)C(C)C(=O)OC. The van der Waals surface area contributed by atoms with Crippen LogP contribution in [0.15, 0.2) is 0 Å². The molecule has 2 unspecified atom stereocenters. The summed E-state index contributed by atoms with van der Waals surface area (Å²) in [4.78, 5) is 68.3. The highest BCUT2D eigenvalue weighted by Crippen LogP contribution is 2.31. The number of carbonyl (C=O) groups is 6. The number of hydrogen-bond acceptors (Lipinski definition) is 10. The van der Waals surface area contributed by atoms with E-state index in [1.807, 2.05) is 0 Å². The molecule has 0 spiro atoms. The minimum atomic E-state index is -1.37. The molecule has 10 nitrogen and oxygen atoms in total. The van der Waals surface area contributed by atoms with Crippen molar-refractivity contribution in [2.75, 3.05) is 28.4 Å². The Hall–Kier alpha value is -2.78. The summed E-state index contributed by atoms with van der Waals surface area (Å²) in [6.45, 7) is 8.48. The molecule has 0 aliphatic rings. The molecule has 30 heavy (non-hydrogen) atoms. The summed E-state index contributed by atoms with van der Waals surface area (Å²) in [5.41, 5.74) is -2.74. The van der Waals surface area contributed by atoms with Crippen LogP contribution in [0.1, 0.15) is 41.5 Å². The normalized spacial score (nSPS) is 12.9. The van der Waals surface area contributed by atoms with E-state index in [-0.39, 0.29) is 0 Å². The molecular formula is C20H32O10. The van der Waals surface area contributed by atoms with Crippen molar-refractivity contribution in [1.29, 1.82) is 0 Å². The fourth-order valence-electron chi connectivity index (χ4n) is 2.44. The highest BCUT2D eigenvalue weighted by atomic mass is 16.5. The number of ether oxygens (including phenoxy) is 4. The number of esters is 4. The van der Waals surface area contributed by atoms with Crippen molar-refractivity contribution in [2.24, 2.45) is 22.7 Å². The Balaban J connectivity index is 0. The topological polar surface area (TPSA) is 139 Å². The standard InChI is InChI=1S/C11H18O5.C9H14O5/c1-10(2,8(13)15-5)7(12)11(3,4)9(14)16-6;1-5(8(11)13-3)7(10)6(2)9(12)14-4/h1-6H3;5-6H,1-4H3. The number of ketones is 2. The second-order valence-corrected chi connectivity index (χ2v) is 7.45. The first-order valence-corrected chi connectivity index (χ1v) is 8.98. The third-order valence-corrected chi connectivity index (χ3v) is 4.49. The predicted octanol–water partition coefficient (Wildman–Crippen LogP) is 1.13. The van der Waals surface area contributed by atoms with E-state index in [9.17, 15) is 28.8 Å². The number of Topliss-reactive ketones (excluding diaryl/α,β-unsaturated/α-hetero) is 2. The lowest BCUT2D eigenvalue weighted by Crippen LogP contribution is -2.46. The summed E-state index contributed by atoms with van der Waals surface area (Å²) in [5.74, 6) is -5.54. The van der Waals surface area contributed by atoms with Crippen molar-refractivity contribution in [1.82, 2.24) is 0 Å². The van der Waals surface area contributed by atoms with Gasteiger partial charge in [0.2, 0.25) is 0 Å². The zero-order valence-electron chi connectivity index (χ0n) is 19.2. The summed E-state index contributed by atoms with van der Waals surface area (Å²) in [6, 6.07) is 0. The highest BCUT2D eigenvalue weighted by molar-refractivity contribution is 6.13. The summed E-state index contributed by atoms with van der Waals surface area (Å²) in [7, 11) is 4.77. The zero-order chi connectivity index (χ0) is 24.4. The molecule has 0 heterocycles. The number of carbonyl (C=O) groups excluding carboxylic acids is 6. The molecule has 2 atom stereocenters. The lowest BCUT2D eigenvalue weighted by Gasteiger charge is -2.29. The van der Waals surface area contributed by atoms with Crippen LogP contribution in [0.2, 0.25) is 0 Å². The Kier molecular flexibility index (Phi) is 11.8. The van der Waals surface area contributed by atoms with Gasteiger partial charge in [-0.15, -0.1) is 0 Å². The summed E-state index contributed by atoms with van der Waals surface area (Å²) < 4.78 is 17.8. The molecular weight excluding hydrogens is 400 g/mol. The first-order valence-electron chi connectivity index (χ1n) is 8.98. The van der Waals surface area contributed by atoms with Gasteiger partial charge in [0.05, 0.1) is 28.4 Å². The zero-order valence-corrected chi connectivity index (χ0v) is 19.2. The molecule has 0 bridgehead atoms. The highest BCUT2D eigenvalue weighted by Gasteiger charge is 2.49. The van der Waals surface area contributed by atoms with Crippen LogP contribution in [0.4, 0.5) is 0 Å². The first-order chi connectivity index (χ1) is 13.6. The molecule has 0 saturated carbocycles. The second-order valence-electron chi connectivity index (χ2n) is 7.45. The van der Waals surface area contributed by atoms with E-state index in [0.29, 0.717) is 0 Å². The van der Waals surface area contributed by atoms with Gasteiger partial charge < -0.3 is 18.9 Å². The predicted molar refractivity (Wildman–Crippen MR) is 104 cm³/mol. The minimum absolute atomic E-state index is 0.497. The van der Waals surface area contributed by atoms with Gasteiger partial charge in [0, 0.05) is 0 Å². The van der Waals surface area contributed by atoms with Crippen LogP contribution in [0.3, 0.4) is 0 Å². The van der Waals surface area contributed by atoms with Crippen molar-refractivity contribution >= 4 is 35.4 Å².